The van der Waals surface area contributed by atoms with Gasteiger partial charge in [0.05, 0.1) is 5.69 Å². The minimum absolute atomic E-state index is 0.244. The summed E-state index contributed by atoms with van der Waals surface area (Å²) in [6.07, 6.45) is 2.89. The number of anilines is 1. The summed E-state index contributed by atoms with van der Waals surface area (Å²) < 4.78 is 7.45. The average Bonchev–Trinajstić information content (AvgIpc) is 3.43. The maximum atomic E-state index is 12.6. The van der Waals surface area contributed by atoms with E-state index in [0.29, 0.717) is 36.8 Å². The zero-order chi connectivity index (χ0) is 23.7. The highest BCUT2D eigenvalue weighted by Gasteiger charge is 2.59. The van der Waals surface area contributed by atoms with Crippen LogP contribution in [0.4, 0.5) is 10.6 Å². The van der Waals surface area contributed by atoms with Gasteiger partial charge in [0.1, 0.15) is 18.2 Å². The summed E-state index contributed by atoms with van der Waals surface area (Å²) in [7, 11) is 0. The summed E-state index contributed by atoms with van der Waals surface area (Å²) in [5.74, 6) is 1.76. The van der Waals surface area contributed by atoms with Gasteiger partial charge in [-0.05, 0) is 61.6 Å². The number of hydrogen-bond donors (Lipinski definition) is 3. The third-order valence-corrected chi connectivity index (χ3v) is 7.41. The minimum atomic E-state index is -0.457. The molecule has 0 radical (unpaired) electrons. The van der Waals surface area contributed by atoms with Gasteiger partial charge in [0.25, 0.3) is 0 Å². The molecule has 2 saturated heterocycles. The Bertz CT molecular complexity index is 1080. The molecule has 34 heavy (non-hydrogen) atoms. The number of rotatable bonds is 7. The fourth-order valence-corrected chi connectivity index (χ4v) is 5.04. The lowest BCUT2D eigenvalue weighted by atomic mass is 10.1. The number of aromatic nitrogens is 2. The number of ether oxygens (including phenoxy) is 1. The smallest absolute Gasteiger partial charge is 0.354 e. The molecular weight excluding hydrogens is 434 g/mol. The molecule has 1 aromatic heterocycles. The Morgan fingerprint density at radius 2 is 2.06 bits per heavy atom. The Morgan fingerprint density at radius 3 is 2.74 bits per heavy atom. The highest BCUT2D eigenvalue weighted by atomic mass is 16.5. The second kappa shape index (κ2) is 9.36. The van der Waals surface area contributed by atoms with E-state index in [9.17, 15) is 9.59 Å². The summed E-state index contributed by atoms with van der Waals surface area (Å²) in [5, 5.41) is 5.90. The molecule has 5 rings (SSSR count). The van der Waals surface area contributed by atoms with Crippen LogP contribution >= 0.6 is 0 Å². The molecule has 1 aliphatic carbocycles. The van der Waals surface area contributed by atoms with Crippen molar-refractivity contribution in [3.63, 3.8) is 0 Å². The first-order valence-electron chi connectivity index (χ1n) is 12.0. The fraction of sp³-hybridized carbons (Fsp3) is 0.542. The van der Waals surface area contributed by atoms with Gasteiger partial charge in [-0.25, -0.2) is 9.59 Å². The van der Waals surface area contributed by atoms with Crippen molar-refractivity contribution >= 4 is 11.8 Å². The molecule has 0 spiro atoms. The lowest BCUT2D eigenvalue weighted by Crippen LogP contribution is -2.48. The number of benzene rings is 1. The maximum absolute atomic E-state index is 12.6. The standard InChI is InChI=1S/C24H33N7O3/c1-17(30-13-18-12-24(18,15-25)16-30)14-34-20-4-2-19(3-5-20)31-9-6-21(28-23(31)33)27-22(32)29-10-7-26-8-11-29/h2-6,9,17-18,26H,7-8,10-16,25H2,1H3,(H,27,28,32,33). The quantitative estimate of drug-likeness (QED) is 0.549. The highest BCUT2D eigenvalue weighted by Crippen LogP contribution is 2.57. The van der Waals surface area contributed by atoms with Gasteiger partial charge in [-0.3, -0.25) is 14.8 Å². The van der Waals surface area contributed by atoms with E-state index in [1.54, 1.807) is 17.2 Å². The Hall–Kier alpha value is -2.95. The number of nitrogens with two attached hydrogens (primary N) is 1. The molecule has 10 heteroatoms. The minimum Gasteiger partial charge on any atom is -0.492 e. The molecule has 2 aliphatic heterocycles. The van der Waals surface area contributed by atoms with Crippen molar-refractivity contribution in [3.05, 3.63) is 47.0 Å². The van der Waals surface area contributed by atoms with Crippen LogP contribution in [0.2, 0.25) is 0 Å². The van der Waals surface area contributed by atoms with E-state index in [4.69, 9.17) is 10.5 Å². The number of carbonyl (C=O) groups is 1. The second-order valence-corrected chi connectivity index (χ2v) is 9.68. The van der Waals surface area contributed by atoms with E-state index in [2.05, 4.69) is 27.4 Å². The third kappa shape index (κ3) is 4.66. The average molecular weight is 468 g/mol. The molecule has 182 valence electrons. The van der Waals surface area contributed by atoms with Crippen LogP contribution in [-0.4, -0.2) is 83.8 Å². The second-order valence-electron chi connectivity index (χ2n) is 9.68. The normalized spacial score (nSPS) is 25.0. The first-order valence-corrected chi connectivity index (χ1v) is 12.0. The highest BCUT2D eigenvalue weighted by molar-refractivity contribution is 5.88. The number of hydrogen-bond acceptors (Lipinski definition) is 7. The third-order valence-electron chi connectivity index (χ3n) is 7.41. The zero-order valence-corrected chi connectivity index (χ0v) is 19.6. The predicted octanol–water partition coefficient (Wildman–Crippen LogP) is 0.718. The number of nitrogens with one attached hydrogen (secondary N) is 2. The first kappa shape index (κ1) is 22.8. The summed E-state index contributed by atoms with van der Waals surface area (Å²) in [6, 6.07) is 9.09. The van der Waals surface area contributed by atoms with Crippen LogP contribution in [0.3, 0.4) is 0 Å². The summed E-state index contributed by atoms with van der Waals surface area (Å²) >= 11 is 0. The zero-order valence-electron chi connectivity index (χ0n) is 19.6. The van der Waals surface area contributed by atoms with Gasteiger partial charge >= 0.3 is 11.7 Å². The molecule has 2 aromatic rings. The van der Waals surface area contributed by atoms with E-state index in [-0.39, 0.29) is 11.8 Å². The van der Waals surface area contributed by atoms with Crippen LogP contribution in [0.25, 0.3) is 5.69 Å². The number of fused-ring (bicyclic) bond motifs is 1. The van der Waals surface area contributed by atoms with Crippen molar-refractivity contribution in [2.24, 2.45) is 17.1 Å². The molecule has 3 atom stereocenters. The van der Waals surface area contributed by atoms with Crippen molar-refractivity contribution in [1.29, 1.82) is 0 Å². The van der Waals surface area contributed by atoms with Gasteiger partial charge in [0.2, 0.25) is 0 Å². The van der Waals surface area contributed by atoms with Gasteiger partial charge in [-0.15, -0.1) is 0 Å². The van der Waals surface area contributed by atoms with Crippen LogP contribution in [0.1, 0.15) is 13.3 Å². The summed E-state index contributed by atoms with van der Waals surface area (Å²) in [4.78, 5) is 33.1. The van der Waals surface area contributed by atoms with Crippen molar-refractivity contribution < 1.29 is 9.53 Å². The molecular formula is C24H33N7O3. The van der Waals surface area contributed by atoms with Crippen LogP contribution in [0, 0.1) is 11.3 Å². The molecule has 0 bridgehead atoms. The van der Waals surface area contributed by atoms with Crippen molar-refractivity contribution in [3.8, 4) is 11.4 Å². The number of piperazine rings is 1. The summed E-state index contributed by atoms with van der Waals surface area (Å²) in [6.45, 7) is 8.53. The van der Waals surface area contributed by atoms with Crippen LogP contribution < -0.4 is 26.8 Å². The number of likely N-dealkylation sites (tertiary alicyclic amines) is 1. The van der Waals surface area contributed by atoms with Crippen LogP contribution in [0.5, 0.6) is 5.75 Å². The first-order chi connectivity index (χ1) is 16.5. The van der Waals surface area contributed by atoms with Gasteiger partial charge in [-0.2, -0.15) is 4.98 Å². The number of amides is 2. The number of carbonyl (C=O) groups excluding carboxylic acids is 1. The number of urea groups is 1. The van der Waals surface area contributed by atoms with E-state index >= 15 is 0 Å². The predicted molar refractivity (Wildman–Crippen MR) is 129 cm³/mol. The molecule has 3 aliphatic rings. The van der Waals surface area contributed by atoms with Gasteiger partial charge < -0.3 is 20.7 Å². The summed E-state index contributed by atoms with van der Waals surface area (Å²) in [5.41, 5.74) is 6.55. The van der Waals surface area contributed by atoms with E-state index < -0.39 is 5.69 Å². The van der Waals surface area contributed by atoms with Crippen molar-refractivity contribution in [1.82, 2.24) is 24.7 Å². The van der Waals surface area contributed by atoms with Gasteiger partial charge in [-0.1, -0.05) is 0 Å². The molecule has 2 amide bonds. The molecule has 1 saturated carbocycles. The molecule has 3 fully saturated rings. The monoisotopic (exact) mass is 467 g/mol. The van der Waals surface area contributed by atoms with E-state index in [0.717, 1.165) is 44.4 Å². The number of piperidine rings is 1. The Balaban J connectivity index is 1.15. The Kier molecular flexibility index (Phi) is 6.28. The topological polar surface area (TPSA) is 118 Å². The Labute approximate surface area is 199 Å². The maximum Gasteiger partial charge on any atom is 0.354 e. The molecule has 4 N–H and O–H groups in total. The SMILES string of the molecule is CC(COc1ccc(-n2ccc(NC(=O)N3CCNCC3)nc2=O)cc1)N1CC2CC2(CN)C1. The largest absolute Gasteiger partial charge is 0.492 e. The van der Waals surface area contributed by atoms with E-state index in [1.807, 2.05) is 24.3 Å². The molecule has 1 aromatic carbocycles. The van der Waals surface area contributed by atoms with Crippen molar-refractivity contribution in [2.45, 2.75) is 19.4 Å². The van der Waals surface area contributed by atoms with Crippen molar-refractivity contribution in [2.75, 3.05) is 57.7 Å². The Morgan fingerprint density at radius 1 is 1.29 bits per heavy atom. The fourth-order valence-electron chi connectivity index (χ4n) is 5.04. The van der Waals surface area contributed by atoms with Crippen LogP contribution in [0.15, 0.2) is 41.3 Å². The molecule has 3 unspecified atom stereocenters. The van der Waals surface area contributed by atoms with E-state index in [1.165, 1.54) is 11.0 Å². The van der Waals surface area contributed by atoms with Crippen LogP contribution in [-0.2, 0) is 0 Å². The lowest BCUT2D eigenvalue weighted by molar-refractivity contribution is 0.152. The number of nitrogens with zero attached hydrogens (tertiary/aromatic N) is 4. The van der Waals surface area contributed by atoms with Gasteiger partial charge in [0.15, 0.2) is 0 Å². The molecule has 3 heterocycles. The lowest BCUT2D eigenvalue weighted by Gasteiger charge is -2.27. The molecule has 10 nitrogen and oxygen atoms in total. The van der Waals surface area contributed by atoms with Gasteiger partial charge in [0, 0.05) is 51.5 Å².